The van der Waals surface area contributed by atoms with Crippen LogP contribution in [0.4, 0.5) is 4.79 Å². The lowest BCUT2D eigenvalue weighted by atomic mass is 10.3. The van der Waals surface area contributed by atoms with Crippen LogP contribution in [0.1, 0.15) is 20.3 Å². The van der Waals surface area contributed by atoms with Crippen molar-refractivity contribution in [1.82, 2.24) is 5.32 Å². The fourth-order valence-corrected chi connectivity index (χ4v) is 0.677. The van der Waals surface area contributed by atoms with Gasteiger partial charge in [-0.05, 0) is 13.0 Å². The van der Waals surface area contributed by atoms with Crippen LogP contribution in [0.3, 0.4) is 0 Å². The van der Waals surface area contributed by atoms with Crippen molar-refractivity contribution < 1.29 is 14.3 Å². The fourth-order valence-electron chi connectivity index (χ4n) is 0.677. The number of rotatable bonds is 5. The summed E-state index contributed by atoms with van der Waals surface area (Å²) in [7, 11) is 1.30. The van der Waals surface area contributed by atoms with Crippen LogP contribution in [0.25, 0.3) is 0 Å². The summed E-state index contributed by atoms with van der Waals surface area (Å²) < 4.78 is 8.97. The quantitative estimate of drug-likeness (QED) is 0.503. The monoisotopic (exact) mass is 175 g/mol. The van der Waals surface area contributed by atoms with E-state index in [4.69, 9.17) is 0 Å². The molecule has 0 aliphatic rings. The number of methoxy groups -OCH3 is 1. The van der Waals surface area contributed by atoms with Gasteiger partial charge in [0.2, 0.25) is 0 Å². The summed E-state index contributed by atoms with van der Waals surface area (Å²) in [5.74, 6) is 0. The maximum atomic E-state index is 10.4. The van der Waals surface area contributed by atoms with Gasteiger partial charge in [-0.3, -0.25) is 0 Å². The topological polar surface area (TPSA) is 47.6 Å². The second-order valence-electron chi connectivity index (χ2n) is 2.76. The normalized spacial score (nSPS) is 10.0. The zero-order valence-corrected chi connectivity index (χ0v) is 7.92. The van der Waals surface area contributed by atoms with Crippen molar-refractivity contribution in [3.8, 4) is 0 Å². The zero-order valence-electron chi connectivity index (χ0n) is 7.92. The van der Waals surface area contributed by atoms with Gasteiger partial charge in [0, 0.05) is 6.04 Å². The van der Waals surface area contributed by atoms with Crippen molar-refractivity contribution in [2.24, 2.45) is 0 Å². The molecule has 12 heavy (non-hydrogen) atoms. The van der Waals surface area contributed by atoms with E-state index in [9.17, 15) is 4.79 Å². The van der Waals surface area contributed by atoms with E-state index in [1.54, 1.807) is 0 Å². The minimum atomic E-state index is -0.612. The van der Waals surface area contributed by atoms with Gasteiger partial charge in [0.25, 0.3) is 0 Å². The first-order chi connectivity index (χ1) is 5.66. The first kappa shape index (κ1) is 11.2. The molecule has 4 heteroatoms. The number of carbonyl (C=O) groups is 1. The van der Waals surface area contributed by atoms with E-state index in [0.29, 0.717) is 12.6 Å². The maximum Gasteiger partial charge on any atom is 0.507 e. The molecule has 0 aromatic heterocycles. The SMILES string of the molecule is COC(=O)OCCCNC(C)C. The summed E-state index contributed by atoms with van der Waals surface area (Å²) in [5.41, 5.74) is 0. The average Bonchev–Trinajstić information content (AvgIpc) is 2.03. The molecule has 0 bridgehead atoms. The molecular weight excluding hydrogens is 158 g/mol. The van der Waals surface area contributed by atoms with Crippen LogP contribution in [-0.4, -0.2) is 32.5 Å². The van der Waals surface area contributed by atoms with Gasteiger partial charge in [0.05, 0.1) is 13.7 Å². The minimum absolute atomic E-state index is 0.409. The highest BCUT2D eigenvalue weighted by Crippen LogP contribution is 1.86. The fraction of sp³-hybridized carbons (Fsp3) is 0.875. The molecule has 1 N–H and O–H groups in total. The highest BCUT2D eigenvalue weighted by molar-refractivity contribution is 5.59. The van der Waals surface area contributed by atoms with Gasteiger partial charge in [0.15, 0.2) is 0 Å². The molecule has 0 unspecified atom stereocenters. The molecule has 0 amide bonds. The van der Waals surface area contributed by atoms with E-state index in [-0.39, 0.29) is 0 Å². The van der Waals surface area contributed by atoms with Crippen molar-refractivity contribution >= 4 is 6.16 Å². The van der Waals surface area contributed by atoms with Gasteiger partial charge in [-0.25, -0.2) is 4.79 Å². The van der Waals surface area contributed by atoms with E-state index in [1.807, 2.05) is 0 Å². The van der Waals surface area contributed by atoms with Crippen LogP contribution >= 0.6 is 0 Å². The second-order valence-corrected chi connectivity index (χ2v) is 2.76. The van der Waals surface area contributed by atoms with Gasteiger partial charge in [-0.2, -0.15) is 0 Å². The average molecular weight is 175 g/mol. The lowest BCUT2D eigenvalue weighted by Crippen LogP contribution is -2.24. The lowest BCUT2D eigenvalue weighted by molar-refractivity contribution is 0.0718. The predicted octanol–water partition coefficient (Wildman–Crippen LogP) is 1.16. The zero-order chi connectivity index (χ0) is 9.40. The Balaban J connectivity index is 3.05. The van der Waals surface area contributed by atoms with Crippen LogP contribution in [-0.2, 0) is 9.47 Å². The van der Waals surface area contributed by atoms with E-state index in [0.717, 1.165) is 13.0 Å². The summed E-state index contributed by atoms with van der Waals surface area (Å²) in [6.07, 6.45) is 0.201. The van der Waals surface area contributed by atoms with E-state index in [2.05, 4.69) is 28.6 Å². The second kappa shape index (κ2) is 6.91. The van der Waals surface area contributed by atoms with Crippen LogP contribution in [0.5, 0.6) is 0 Å². The Morgan fingerprint density at radius 2 is 2.17 bits per heavy atom. The largest absolute Gasteiger partial charge is 0.507 e. The Morgan fingerprint density at radius 3 is 2.67 bits per heavy atom. The molecule has 0 fully saturated rings. The van der Waals surface area contributed by atoms with Crippen molar-refractivity contribution in [2.45, 2.75) is 26.3 Å². The standard InChI is InChI=1S/C8H17NO3/c1-7(2)9-5-4-6-12-8(10)11-3/h7,9H,4-6H2,1-3H3. The first-order valence-electron chi connectivity index (χ1n) is 4.11. The van der Waals surface area contributed by atoms with Gasteiger partial charge in [0.1, 0.15) is 0 Å². The molecule has 0 heterocycles. The Morgan fingerprint density at radius 1 is 1.50 bits per heavy atom. The molecule has 0 aromatic rings. The van der Waals surface area contributed by atoms with Gasteiger partial charge >= 0.3 is 6.16 Å². The van der Waals surface area contributed by atoms with Gasteiger partial charge in [-0.15, -0.1) is 0 Å². The lowest BCUT2D eigenvalue weighted by Gasteiger charge is -2.07. The summed E-state index contributed by atoms with van der Waals surface area (Å²) in [6, 6.07) is 0.475. The van der Waals surface area contributed by atoms with E-state index < -0.39 is 6.16 Å². The van der Waals surface area contributed by atoms with Crippen LogP contribution in [0.2, 0.25) is 0 Å². The van der Waals surface area contributed by atoms with Crippen LogP contribution in [0.15, 0.2) is 0 Å². The maximum absolute atomic E-state index is 10.4. The summed E-state index contributed by atoms with van der Waals surface area (Å²) in [5, 5.41) is 3.21. The molecule has 4 nitrogen and oxygen atoms in total. The van der Waals surface area contributed by atoms with Crippen molar-refractivity contribution in [3.63, 3.8) is 0 Å². The molecule has 0 aliphatic heterocycles. The highest BCUT2D eigenvalue weighted by atomic mass is 16.7. The predicted molar refractivity (Wildman–Crippen MR) is 46.1 cm³/mol. The van der Waals surface area contributed by atoms with Crippen LogP contribution < -0.4 is 5.32 Å². The molecule has 0 aliphatic carbocycles. The molecule has 0 atom stereocenters. The van der Waals surface area contributed by atoms with E-state index >= 15 is 0 Å². The Labute approximate surface area is 73.2 Å². The molecule has 0 spiro atoms. The smallest absolute Gasteiger partial charge is 0.438 e. The van der Waals surface area contributed by atoms with Crippen molar-refractivity contribution in [2.75, 3.05) is 20.3 Å². The molecule has 0 radical (unpaired) electrons. The number of nitrogens with one attached hydrogen (secondary N) is 1. The molecule has 0 saturated carbocycles. The summed E-state index contributed by atoms with van der Waals surface area (Å²) in [6.45, 7) is 5.41. The van der Waals surface area contributed by atoms with Gasteiger partial charge < -0.3 is 14.8 Å². The van der Waals surface area contributed by atoms with Gasteiger partial charge in [-0.1, -0.05) is 13.8 Å². The van der Waals surface area contributed by atoms with Crippen molar-refractivity contribution in [3.05, 3.63) is 0 Å². The summed E-state index contributed by atoms with van der Waals surface area (Å²) >= 11 is 0. The molecule has 0 rings (SSSR count). The number of hydrogen-bond donors (Lipinski definition) is 1. The Kier molecular flexibility index (Phi) is 6.47. The van der Waals surface area contributed by atoms with E-state index in [1.165, 1.54) is 7.11 Å². The number of ether oxygens (including phenoxy) is 2. The van der Waals surface area contributed by atoms with Crippen molar-refractivity contribution in [1.29, 1.82) is 0 Å². The first-order valence-corrected chi connectivity index (χ1v) is 4.11. The third-order valence-corrected chi connectivity index (χ3v) is 1.26. The highest BCUT2D eigenvalue weighted by Gasteiger charge is 1.98. The molecule has 0 aromatic carbocycles. The third-order valence-electron chi connectivity index (χ3n) is 1.26. The van der Waals surface area contributed by atoms with Crippen LogP contribution in [0, 0.1) is 0 Å². The summed E-state index contributed by atoms with van der Waals surface area (Å²) in [4.78, 5) is 10.4. The third kappa shape index (κ3) is 7.34. The Bertz CT molecular complexity index is 125. The molecule has 0 saturated heterocycles. The number of hydrogen-bond acceptors (Lipinski definition) is 4. The molecule has 72 valence electrons. The minimum Gasteiger partial charge on any atom is -0.438 e. The number of carbonyl (C=O) groups excluding carboxylic acids is 1. The Hall–Kier alpha value is -0.770. The molecular formula is C8H17NO3.